The first-order valence-corrected chi connectivity index (χ1v) is 6.39. The highest BCUT2D eigenvalue weighted by Crippen LogP contribution is 2.66. The summed E-state index contributed by atoms with van der Waals surface area (Å²) in [4.78, 5) is 0. The van der Waals surface area contributed by atoms with E-state index in [4.69, 9.17) is 0 Å². The summed E-state index contributed by atoms with van der Waals surface area (Å²) in [6.45, 7) is 0. The van der Waals surface area contributed by atoms with Crippen molar-refractivity contribution in [1.82, 2.24) is 0 Å². The van der Waals surface area contributed by atoms with Crippen LogP contribution in [-0.2, 0) is 11.8 Å². The van der Waals surface area contributed by atoms with Crippen LogP contribution in [0.1, 0.15) is 11.1 Å². The smallest absolute Gasteiger partial charge is 0.194 e. The van der Waals surface area contributed by atoms with Crippen molar-refractivity contribution in [2.75, 3.05) is 0 Å². The minimum atomic E-state index is -6.24. The van der Waals surface area contributed by atoms with Gasteiger partial charge in [0, 0.05) is 8.95 Å². The molecular formula is C10H2Br2F8. The second kappa shape index (κ2) is 4.08. The quantitative estimate of drug-likeness (QED) is 0.462. The molecule has 0 nitrogen and oxygen atoms in total. The molecule has 0 aliphatic heterocycles. The summed E-state index contributed by atoms with van der Waals surface area (Å²) in [7, 11) is 0. The van der Waals surface area contributed by atoms with Crippen LogP contribution in [-0.4, -0.2) is 11.8 Å². The zero-order valence-electron chi connectivity index (χ0n) is 8.93. The Hall–Kier alpha value is -0.380. The summed E-state index contributed by atoms with van der Waals surface area (Å²) in [5.74, 6) is -23.4. The monoisotopic (exact) mass is 432 g/mol. The summed E-state index contributed by atoms with van der Waals surface area (Å²) in [5, 5.41) is 0. The van der Waals surface area contributed by atoms with Gasteiger partial charge in [-0.1, -0.05) is 31.9 Å². The van der Waals surface area contributed by atoms with Gasteiger partial charge in [0.05, 0.1) is 11.1 Å². The Morgan fingerprint density at radius 3 is 1.10 bits per heavy atom. The molecule has 2 rings (SSSR count). The van der Waals surface area contributed by atoms with Crippen molar-refractivity contribution in [2.45, 2.75) is 23.7 Å². The van der Waals surface area contributed by atoms with Crippen LogP contribution in [0.2, 0.25) is 0 Å². The number of hydrogen-bond donors (Lipinski definition) is 0. The van der Waals surface area contributed by atoms with Crippen LogP contribution in [0.15, 0.2) is 21.1 Å². The Morgan fingerprint density at radius 2 is 0.850 bits per heavy atom. The van der Waals surface area contributed by atoms with Crippen molar-refractivity contribution in [1.29, 1.82) is 0 Å². The summed E-state index contributed by atoms with van der Waals surface area (Å²) in [6, 6.07) is 1.57. The van der Waals surface area contributed by atoms with E-state index in [1.807, 2.05) is 0 Å². The minimum Gasteiger partial charge on any atom is -0.194 e. The van der Waals surface area contributed by atoms with Gasteiger partial charge in [0.25, 0.3) is 0 Å². The minimum absolute atomic E-state index is 0.784. The molecule has 1 aliphatic carbocycles. The average molecular weight is 434 g/mol. The van der Waals surface area contributed by atoms with Crippen molar-refractivity contribution < 1.29 is 35.1 Å². The fourth-order valence-electron chi connectivity index (χ4n) is 1.87. The maximum atomic E-state index is 13.6. The van der Waals surface area contributed by atoms with Crippen LogP contribution < -0.4 is 0 Å². The Bertz CT molecular complexity index is 530. The lowest BCUT2D eigenvalue weighted by Gasteiger charge is -2.43. The molecule has 112 valence electrons. The SMILES string of the molecule is FC1(F)c2c(Br)ccc(Br)c2C(F)(F)C(F)(F)C1(F)F. The number of alkyl halides is 8. The predicted molar refractivity (Wildman–Crippen MR) is 59.5 cm³/mol. The lowest BCUT2D eigenvalue weighted by molar-refractivity contribution is -0.387. The maximum absolute atomic E-state index is 13.6. The molecular weight excluding hydrogens is 432 g/mol. The van der Waals surface area contributed by atoms with Gasteiger partial charge in [0.1, 0.15) is 0 Å². The van der Waals surface area contributed by atoms with Crippen LogP contribution in [0.5, 0.6) is 0 Å². The van der Waals surface area contributed by atoms with Crippen molar-refractivity contribution in [3.63, 3.8) is 0 Å². The fourth-order valence-corrected chi connectivity index (χ4v) is 3.03. The fraction of sp³-hybridized carbons (Fsp3) is 0.400. The third-order valence-corrected chi connectivity index (χ3v) is 4.24. The van der Waals surface area contributed by atoms with Crippen molar-refractivity contribution in [3.05, 3.63) is 32.2 Å². The van der Waals surface area contributed by atoms with Gasteiger partial charge >= 0.3 is 23.7 Å². The van der Waals surface area contributed by atoms with Crippen molar-refractivity contribution in [2.24, 2.45) is 0 Å². The number of benzene rings is 1. The van der Waals surface area contributed by atoms with E-state index < -0.39 is 43.8 Å². The molecule has 10 heteroatoms. The zero-order valence-corrected chi connectivity index (χ0v) is 12.1. The molecule has 0 N–H and O–H groups in total. The maximum Gasteiger partial charge on any atom is 0.383 e. The number of halogens is 10. The molecule has 0 fully saturated rings. The lowest BCUT2D eigenvalue weighted by atomic mass is 9.80. The van der Waals surface area contributed by atoms with Crippen molar-refractivity contribution >= 4 is 31.9 Å². The third-order valence-electron chi connectivity index (χ3n) is 2.91. The van der Waals surface area contributed by atoms with Gasteiger partial charge in [-0.15, -0.1) is 0 Å². The number of rotatable bonds is 0. The van der Waals surface area contributed by atoms with Gasteiger partial charge < -0.3 is 0 Å². The van der Waals surface area contributed by atoms with Gasteiger partial charge in [-0.2, -0.15) is 35.1 Å². The summed E-state index contributed by atoms with van der Waals surface area (Å²) in [5.41, 5.74) is -3.71. The molecule has 0 heterocycles. The molecule has 0 amide bonds. The van der Waals surface area contributed by atoms with E-state index in [-0.39, 0.29) is 0 Å². The molecule has 1 aliphatic rings. The van der Waals surface area contributed by atoms with E-state index in [0.29, 0.717) is 0 Å². The molecule has 1 aromatic rings. The summed E-state index contributed by atoms with van der Waals surface area (Å²) < 4.78 is 106. The highest BCUT2D eigenvalue weighted by Gasteiger charge is 2.85. The van der Waals surface area contributed by atoms with Gasteiger partial charge in [-0.25, -0.2) is 0 Å². The molecule has 20 heavy (non-hydrogen) atoms. The molecule has 0 spiro atoms. The second-order valence-corrected chi connectivity index (χ2v) is 5.79. The van der Waals surface area contributed by atoms with E-state index in [1.165, 1.54) is 0 Å². The normalized spacial score (nSPS) is 25.1. The van der Waals surface area contributed by atoms with Gasteiger partial charge in [0.2, 0.25) is 0 Å². The Morgan fingerprint density at radius 1 is 0.600 bits per heavy atom. The van der Waals surface area contributed by atoms with E-state index in [2.05, 4.69) is 31.9 Å². The summed E-state index contributed by atoms with van der Waals surface area (Å²) in [6.07, 6.45) is 0. The molecule has 0 saturated heterocycles. The molecule has 0 atom stereocenters. The molecule has 0 saturated carbocycles. The Kier molecular flexibility index (Phi) is 3.27. The van der Waals surface area contributed by atoms with Gasteiger partial charge in [0.15, 0.2) is 0 Å². The van der Waals surface area contributed by atoms with Crippen LogP contribution >= 0.6 is 31.9 Å². The molecule has 0 bridgehead atoms. The van der Waals surface area contributed by atoms with E-state index in [1.54, 1.807) is 0 Å². The highest BCUT2D eigenvalue weighted by molar-refractivity contribution is 9.11. The first kappa shape index (κ1) is 16.0. The summed E-state index contributed by atoms with van der Waals surface area (Å²) >= 11 is 4.84. The highest BCUT2D eigenvalue weighted by atomic mass is 79.9. The lowest BCUT2D eigenvalue weighted by Crippen LogP contribution is -2.64. The van der Waals surface area contributed by atoms with Gasteiger partial charge in [-0.05, 0) is 12.1 Å². The zero-order chi connectivity index (χ0) is 15.7. The first-order chi connectivity index (χ1) is 8.80. The van der Waals surface area contributed by atoms with Crippen LogP contribution in [0.3, 0.4) is 0 Å². The van der Waals surface area contributed by atoms with Crippen LogP contribution in [0.4, 0.5) is 35.1 Å². The third kappa shape index (κ3) is 1.57. The topological polar surface area (TPSA) is 0 Å². The number of hydrogen-bond acceptors (Lipinski definition) is 0. The molecule has 0 radical (unpaired) electrons. The number of fused-ring (bicyclic) bond motifs is 1. The van der Waals surface area contributed by atoms with Crippen LogP contribution in [0, 0.1) is 0 Å². The second-order valence-electron chi connectivity index (χ2n) is 4.08. The standard InChI is InChI=1S/C10H2Br2F8/c11-3-1-2-4(12)6-5(3)7(13,14)9(17,18)10(19,20)8(6,15)16/h1-2H. The van der Waals surface area contributed by atoms with E-state index in [0.717, 1.165) is 12.1 Å². The molecule has 0 aromatic heterocycles. The van der Waals surface area contributed by atoms with Crippen LogP contribution in [0.25, 0.3) is 0 Å². The molecule has 0 unspecified atom stereocenters. The van der Waals surface area contributed by atoms with Gasteiger partial charge in [-0.3, -0.25) is 0 Å². The predicted octanol–water partition coefficient (Wildman–Crippen LogP) is 5.68. The molecule has 1 aromatic carbocycles. The van der Waals surface area contributed by atoms with Crippen molar-refractivity contribution in [3.8, 4) is 0 Å². The largest absolute Gasteiger partial charge is 0.383 e. The Labute approximate surface area is 123 Å². The van der Waals surface area contributed by atoms with E-state index >= 15 is 0 Å². The Balaban J connectivity index is 3.01. The van der Waals surface area contributed by atoms with E-state index in [9.17, 15) is 35.1 Å². The average Bonchev–Trinajstić information content (AvgIpc) is 2.29. The first-order valence-electron chi connectivity index (χ1n) is 4.80.